The summed E-state index contributed by atoms with van der Waals surface area (Å²) in [6.45, 7) is 2.53. The molecular weight excluding hydrogens is 964 g/mol. The summed E-state index contributed by atoms with van der Waals surface area (Å²) in [6.07, 6.45) is 4.52. The van der Waals surface area contributed by atoms with Gasteiger partial charge in [-0.3, -0.25) is 9.59 Å². The lowest BCUT2D eigenvalue weighted by Gasteiger charge is -2.17. The van der Waals surface area contributed by atoms with Crippen molar-refractivity contribution < 1.29 is 9.59 Å². The molecule has 4 heterocycles. The van der Waals surface area contributed by atoms with Crippen molar-refractivity contribution in [2.45, 2.75) is 38.5 Å². The van der Waals surface area contributed by atoms with E-state index in [1.807, 2.05) is 19.2 Å². The predicted octanol–water partition coefficient (Wildman–Crippen LogP) is 10.7. The van der Waals surface area contributed by atoms with Crippen LogP contribution in [0.5, 0.6) is 0 Å². The zero-order valence-corrected chi connectivity index (χ0v) is 37.7. The zero-order chi connectivity index (χ0) is 39.2. The van der Waals surface area contributed by atoms with Crippen LogP contribution in [-0.2, 0) is 25.7 Å². The normalized spacial score (nSPS) is 13.0. The summed E-state index contributed by atoms with van der Waals surface area (Å²) >= 11 is 36.3. The summed E-state index contributed by atoms with van der Waals surface area (Å²) in [4.78, 5) is 31.5. The number of carbonyl (C=O) groups is 2. The summed E-state index contributed by atoms with van der Waals surface area (Å²) in [6, 6.07) is 10.6. The molecule has 2 aliphatic rings. The zero-order valence-electron chi connectivity index (χ0n) is 29.8. The largest absolute Gasteiger partial charge is 0.351 e. The van der Waals surface area contributed by atoms with Crippen LogP contribution in [0.2, 0.25) is 20.1 Å². The summed E-state index contributed by atoms with van der Waals surface area (Å²) in [5.74, 6) is -0.416. The number of aromatic nitrogens is 4. The predicted molar refractivity (Wildman–Crippen MR) is 235 cm³/mol. The molecule has 2 aliphatic carbocycles. The van der Waals surface area contributed by atoms with Gasteiger partial charge in [-0.05, 0) is 138 Å². The van der Waals surface area contributed by atoms with E-state index in [-0.39, 0.29) is 11.8 Å². The smallest absolute Gasteiger partial charge is 0.272 e. The SMILES string of the molecule is CN(CCCNC(=O)c1nn(-c2ccc(Cl)cc2Cl)c2c1CCc1c(Br)csc1-2)CCCNC(=O)c1nn(-c2ccc(Cl)cc2Cl)c2c1CCc1c(Br)csc1-2. The van der Waals surface area contributed by atoms with Crippen LogP contribution in [0.25, 0.3) is 32.5 Å². The number of thiophene rings is 2. The quantitative estimate of drug-likeness (QED) is 0.119. The average molecular weight is 997 g/mol. The van der Waals surface area contributed by atoms with Crippen LogP contribution in [-0.4, -0.2) is 69.5 Å². The maximum Gasteiger partial charge on any atom is 0.272 e. The Morgan fingerprint density at radius 3 is 1.52 bits per heavy atom. The second kappa shape index (κ2) is 16.9. The van der Waals surface area contributed by atoms with E-state index in [0.29, 0.717) is 68.8 Å². The topological polar surface area (TPSA) is 97.1 Å². The van der Waals surface area contributed by atoms with Crippen molar-refractivity contribution in [1.29, 1.82) is 0 Å². The van der Waals surface area contributed by atoms with Gasteiger partial charge in [0.05, 0.1) is 42.6 Å². The summed E-state index contributed by atoms with van der Waals surface area (Å²) < 4.78 is 5.69. The van der Waals surface area contributed by atoms with Crippen LogP contribution in [0.3, 0.4) is 0 Å². The maximum absolute atomic E-state index is 13.6. The van der Waals surface area contributed by atoms with Crippen molar-refractivity contribution >= 4 is 113 Å². The first-order chi connectivity index (χ1) is 27.0. The van der Waals surface area contributed by atoms with Crippen LogP contribution in [0.1, 0.15) is 56.1 Å². The van der Waals surface area contributed by atoms with Crippen molar-refractivity contribution in [3.63, 3.8) is 0 Å². The Hall–Kier alpha value is -2.72. The Kier molecular flexibility index (Phi) is 12.1. The summed E-state index contributed by atoms with van der Waals surface area (Å²) in [5.41, 5.74) is 8.21. The molecule has 6 aromatic rings. The molecule has 4 aromatic heterocycles. The van der Waals surface area contributed by atoms with Gasteiger partial charge in [-0.15, -0.1) is 22.7 Å². The van der Waals surface area contributed by atoms with E-state index >= 15 is 0 Å². The van der Waals surface area contributed by atoms with Gasteiger partial charge in [-0.25, -0.2) is 9.36 Å². The number of nitrogens with zero attached hydrogens (tertiary/aromatic N) is 5. The highest BCUT2D eigenvalue weighted by Crippen LogP contribution is 2.46. The fraction of sp³-hybridized carbons (Fsp3) is 0.282. The van der Waals surface area contributed by atoms with Crippen LogP contribution < -0.4 is 10.6 Å². The van der Waals surface area contributed by atoms with Gasteiger partial charge in [0.15, 0.2) is 11.4 Å². The first-order valence-electron chi connectivity index (χ1n) is 17.9. The number of rotatable bonds is 12. The van der Waals surface area contributed by atoms with Crippen molar-refractivity contribution in [3.8, 4) is 32.5 Å². The molecule has 0 aliphatic heterocycles. The lowest BCUT2D eigenvalue weighted by atomic mass is 9.94. The molecule has 2 amide bonds. The van der Waals surface area contributed by atoms with E-state index in [2.05, 4.69) is 58.2 Å². The van der Waals surface area contributed by atoms with Gasteiger partial charge in [0.1, 0.15) is 0 Å². The molecule has 0 atom stereocenters. The average Bonchev–Trinajstić information content (AvgIpc) is 3.95. The van der Waals surface area contributed by atoms with E-state index in [0.717, 1.165) is 80.0 Å². The Balaban J connectivity index is 0.865. The second-order valence-electron chi connectivity index (χ2n) is 13.7. The van der Waals surface area contributed by atoms with Crippen molar-refractivity contribution in [2.24, 2.45) is 0 Å². The van der Waals surface area contributed by atoms with Crippen LogP contribution in [0.15, 0.2) is 56.1 Å². The number of amides is 2. The molecule has 0 radical (unpaired) electrons. The lowest BCUT2D eigenvalue weighted by Crippen LogP contribution is -2.31. The highest BCUT2D eigenvalue weighted by Gasteiger charge is 2.33. The van der Waals surface area contributed by atoms with Crippen molar-refractivity contribution in [2.75, 3.05) is 33.2 Å². The Bertz CT molecular complexity index is 2340. The molecule has 0 fully saturated rings. The molecule has 17 heteroatoms. The Morgan fingerprint density at radius 1 is 0.696 bits per heavy atom. The number of halogens is 6. The van der Waals surface area contributed by atoms with E-state index in [1.165, 1.54) is 11.1 Å². The van der Waals surface area contributed by atoms with Crippen LogP contribution >= 0.6 is 101 Å². The minimum atomic E-state index is -0.208. The van der Waals surface area contributed by atoms with E-state index in [9.17, 15) is 9.59 Å². The molecule has 2 N–H and O–H groups in total. The molecule has 56 heavy (non-hydrogen) atoms. The van der Waals surface area contributed by atoms with Crippen molar-refractivity contribution in [3.05, 3.63) is 110 Å². The van der Waals surface area contributed by atoms with Gasteiger partial charge in [0.2, 0.25) is 0 Å². The maximum atomic E-state index is 13.6. The number of hydrogen-bond donors (Lipinski definition) is 2. The highest BCUT2D eigenvalue weighted by molar-refractivity contribution is 9.11. The first-order valence-corrected chi connectivity index (χ1v) is 22.8. The first kappa shape index (κ1) is 40.1. The molecule has 0 saturated heterocycles. The van der Waals surface area contributed by atoms with Gasteiger partial charge >= 0.3 is 0 Å². The number of fused-ring (bicyclic) bond motifs is 6. The van der Waals surface area contributed by atoms with Gasteiger partial charge in [-0.1, -0.05) is 46.4 Å². The molecule has 0 saturated carbocycles. The van der Waals surface area contributed by atoms with E-state index in [4.69, 9.17) is 56.6 Å². The third kappa shape index (κ3) is 7.76. The van der Waals surface area contributed by atoms with Gasteiger partial charge in [-0.2, -0.15) is 10.2 Å². The Labute approximate surface area is 368 Å². The Morgan fingerprint density at radius 2 is 1.11 bits per heavy atom. The third-order valence-electron chi connectivity index (χ3n) is 10.0. The molecule has 0 unspecified atom stereocenters. The van der Waals surface area contributed by atoms with Crippen LogP contribution in [0.4, 0.5) is 0 Å². The molecule has 290 valence electrons. The fourth-order valence-corrected chi connectivity index (χ4v) is 12.0. The number of hydrogen-bond acceptors (Lipinski definition) is 7. The molecule has 0 bridgehead atoms. The highest BCUT2D eigenvalue weighted by atomic mass is 79.9. The minimum Gasteiger partial charge on any atom is -0.351 e. The monoisotopic (exact) mass is 993 g/mol. The van der Waals surface area contributed by atoms with E-state index in [1.54, 1.807) is 56.3 Å². The number of benzene rings is 2. The molecule has 9 nitrogen and oxygen atoms in total. The fourth-order valence-electron chi connectivity index (χ4n) is 7.33. The molecular formula is C39H33Br2Cl4N7O2S2. The second-order valence-corrected chi connectivity index (χ2v) is 18.8. The number of nitrogens with one attached hydrogen (secondary N) is 2. The van der Waals surface area contributed by atoms with Gasteiger partial charge in [0, 0.05) is 54.0 Å². The van der Waals surface area contributed by atoms with Crippen LogP contribution in [0, 0.1) is 0 Å². The van der Waals surface area contributed by atoms with E-state index < -0.39 is 0 Å². The third-order valence-corrected chi connectivity index (χ3v) is 15.2. The van der Waals surface area contributed by atoms with Crippen molar-refractivity contribution in [1.82, 2.24) is 35.1 Å². The van der Waals surface area contributed by atoms with Gasteiger partial charge in [0.25, 0.3) is 11.8 Å². The number of carbonyl (C=O) groups excluding carboxylic acids is 2. The molecule has 0 spiro atoms. The standard InChI is InChI=1S/C39H33Br2Cl4N7O2S2/c1-50(14-2-12-46-38(53)32-24-8-6-22-26(40)18-55-36(22)34(24)51(48-32)30-10-4-20(42)16-28(30)44)15-3-13-47-39(54)33-25-9-7-23-27(41)19-56-37(23)35(25)52(49-33)31-11-5-21(43)17-29(31)45/h4-5,10-11,16-19H,2-3,6-9,12-15H2,1H3,(H,46,53)(H,47,54). The summed E-state index contributed by atoms with van der Waals surface area (Å²) in [5, 5.41) is 22.0. The molecule has 2 aromatic carbocycles. The minimum absolute atomic E-state index is 0.208. The lowest BCUT2D eigenvalue weighted by molar-refractivity contribution is 0.0939. The summed E-state index contributed by atoms with van der Waals surface area (Å²) in [7, 11) is 2.04. The molecule has 8 rings (SSSR count). The van der Waals surface area contributed by atoms with Gasteiger partial charge < -0.3 is 15.5 Å².